The van der Waals surface area contributed by atoms with Crippen LogP contribution in [-0.4, -0.2) is 32.2 Å². The first-order valence-electron chi connectivity index (χ1n) is 9.85. The van der Waals surface area contributed by atoms with E-state index >= 15 is 0 Å². The Bertz CT molecular complexity index is 825. The Morgan fingerprint density at radius 1 is 1.11 bits per heavy atom. The summed E-state index contributed by atoms with van der Waals surface area (Å²) in [5.41, 5.74) is 3.52. The van der Waals surface area contributed by atoms with Crippen molar-refractivity contribution in [1.29, 1.82) is 0 Å². The second kappa shape index (κ2) is 9.80. The second-order valence-corrected chi connectivity index (χ2v) is 7.38. The van der Waals surface area contributed by atoms with Gasteiger partial charge in [-0.25, -0.2) is 0 Å². The maximum atomic E-state index is 12.4. The molecule has 0 spiro atoms. The fourth-order valence-corrected chi connectivity index (χ4v) is 3.75. The van der Waals surface area contributed by atoms with Gasteiger partial charge in [0.05, 0.1) is 19.8 Å². The molecule has 150 valence electrons. The van der Waals surface area contributed by atoms with Gasteiger partial charge >= 0.3 is 0 Å². The number of rotatable bonds is 8. The lowest BCUT2D eigenvalue weighted by Crippen LogP contribution is -3.12. The van der Waals surface area contributed by atoms with Crippen LogP contribution in [0.4, 0.5) is 0 Å². The molecule has 6 heteroatoms. The van der Waals surface area contributed by atoms with Gasteiger partial charge in [0.25, 0.3) is 5.91 Å². The smallest absolute Gasteiger partial charge is 0.275 e. The Labute approximate surface area is 171 Å². The van der Waals surface area contributed by atoms with Crippen molar-refractivity contribution in [3.8, 4) is 11.5 Å². The van der Waals surface area contributed by atoms with Crippen LogP contribution in [0.3, 0.4) is 0 Å². The van der Waals surface area contributed by atoms with Crippen LogP contribution in [0.5, 0.6) is 11.5 Å². The Hall–Kier alpha value is -2.24. The highest BCUT2D eigenvalue weighted by molar-refractivity contribution is 6.30. The second-order valence-electron chi connectivity index (χ2n) is 6.94. The van der Waals surface area contributed by atoms with Gasteiger partial charge in [-0.2, -0.15) is 0 Å². The van der Waals surface area contributed by atoms with Crippen molar-refractivity contribution >= 4 is 17.5 Å². The fraction of sp³-hybridized carbons (Fsp3) is 0.409. The monoisotopic (exact) mass is 403 g/mol. The summed E-state index contributed by atoms with van der Waals surface area (Å²) in [5.74, 6) is 1.65. The zero-order valence-electron chi connectivity index (χ0n) is 16.5. The molecule has 0 saturated carbocycles. The highest BCUT2D eigenvalue weighted by atomic mass is 35.5. The summed E-state index contributed by atoms with van der Waals surface area (Å²) in [4.78, 5) is 13.6. The molecular formula is C22H28ClN2O3+. The molecular weight excluding hydrogens is 376 g/mol. The molecule has 2 aromatic rings. The largest absolute Gasteiger partial charge is 0.490 e. The van der Waals surface area contributed by atoms with Gasteiger partial charge < -0.3 is 19.7 Å². The van der Waals surface area contributed by atoms with E-state index < -0.39 is 0 Å². The van der Waals surface area contributed by atoms with Crippen molar-refractivity contribution in [2.45, 2.75) is 33.4 Å². The van der Waals surface area contributed by atoms with Gasteiger partial charge in [-0.1, -0.05) is 23.7 Å². The number of fused-ring (bicyclic) bond motifs is 1. The minimum atomic E-state index is 0.0504. The highest BCUT2D eigenvalue weighted by Gasteiger charge is 2.24. The first-order valence-corrected chi connectivity index (χ1v) is 10.2. The summed E-state index contributed by atoms with van der Waals surface area (Å²) < 4.78 is 11.5. The summed E-state index contributed by atoms with van der Waals surface area (Å²) in [5, 5.41) is 3.67. The van der Waals surface area contributed by atoms with Crippen LogP contribution >= 0.6 is 11.6 Å². The molecule has 0 fully saturated rings. The standard InChI is InChI=1S/C22H27ClN2O3/c1-3-27-20-11-17-8-9-25(14-18(17)12-21(20)28-4-2)15-22(26)24-13-16-6-5-7-19(23)10-16/h5-7,10-12H,3-4,8-9,13-15H2,1-2H3,(H,24,26)/p+1. The Balaban J connectivity index is 1.59. The molecule has 28 heavy (non-hydrogen) atoms. The number of carbonyl (C=O) groups is 1. The number of halogens is 1. The van der Waals surface area contributed by atoms with E-state index in [1.807, 2.05) is 38.1 Å². The van der Waals surface area contributed by atoms with Crippen LogP contribution in [0.15, 0.2) is 36.4 Å². The number of hydrogen-bond acceptors (Lipinski definition) is 3. The van der Waals surface area contributed by atoms with Gasteiger partial charge in [0.2, 0.25) is 0 Å². The number of quaternary nitrogens is 1. The van der Waals surface area contributed by atoms with Crippen molar-refractivity contribution in [3.63, 3.8) is 0 Å². The molecule has 0 bridgehead atoms. The van der Waals surface area contributed by atoms with Gasteiger partial charge in [0, 0.05) is 23.6 Å². The molecule has 1 aliphatic rings. The quantitative estimate of drug-likeness (QED) is 0.711. The average Bonchev–Trinajstić information content (AvgIpc) is 2.67. The van der Waals surface area contributed by atoms with Gasteiger partial charge in [-0.3, -0.25) is 4.79 Å². The van der Waals surface area contributed by atoms with Crippen LogP contribution in [0.25, 0.3) is 0 Å². The van der Waals surface area contributed by atoms with E-state index in [4.69, 9.17) is 21.1 Å². The predicted molar refractivity (Wildman–Crippen MR) is 110 cm³/mol. The number of hydrogen-bond donors (Lipinski definition) is 2. The molecule has 0 aliphatic carbocycles. The van der Waals surface area contributed by atoms with E-state index in [1.165, 1.54) is 16.0 Å². The summed E-state index contributed by atoms with van der Waals surface area (Å²) in [6.45, 7) is 7.85. The van der Waals surface area contributed by atoms with E-state index in [0.29, 0.717) is 31.3 Å². The van der Waals surface area contributed by atoms with E-state index in [1.54, 1.807) is 0 Å². The molecule has 0 aromatic heterocycles. The zero-order valence-corrected chi connectivity index (χ0v) is 17.3. The SMILES string of the molecule is CCOc1cc2c(cc1OCC)C[NH+](CC(=O)NCc1cccc(Cl)c1)CC2. The molecule has 1 heterocycles. The third-order valence-corrected chi connectivity index (χ3v) is 5.08. The summed E-state index contributed by atoms with van der Waals surface area (Å²) in [7, 11) is 0. The number of carbonyl (C=O) groups excluding carboxylic acids is 1. The number of benzene rings is 2. The first kappa shape index (κ1) is 20.5. The van der Waals surface area contributed by atoms with Crippen LogP contribution in [0, 0.1) is 0 Å². The van der Waals surface area contributed by atoms with Gasteiger partial charge in [-0.15, -0.1) is 0 Å². The first-order chi connectivity index (χ1) is 13.6. The van der Waals surface area contributed by atoms with Crippen LogP contribution in [0.2, 0.25) is 5.02 Å². The van der Waals surface area contributed by atoms with E-state index in [9.17, 15) is 4.79 Å². The maximum Gasteiger partial charge on any atom is 0.275 e. The lowest BCUT2D eigenvalue weighted by molar-refractivity contribution is -0.908. The number of amides is 1. The molecule has 0 saturated heterocycles. The van der Waals surface area contributed by atoms with Crippen LogP contribution < -0.4 is 19.7 Å². The lowest BCUT2D eigenvalue weighted by atomic mass is 9.98. The van der Waals surface area contributed by atoms with Crippen molar-refractivity contribution in [2.75, 3.05) is 26.3 Å². The minimum absolute atomic E-state index is 0.0504. The Morgan fingerprint density at radius 2 is 1.82 bits per heavy atom. The normalized spacial score (nSPS) is 15.6. The molecule has 5 nitrogen and oxygen atoms in total. The van der Waals surface area contributed by atoms with Crippen molar-refractivity contribution in [1.82, 2.24) is 5.32 Å². The summed E-state index contributed by atoms with van der Waals surface area (Å²) in [6.07, 6.45) is 0.929. The molecule has 3 rings (SSSR count). The molecule has 0 radical (unpaired) electrons. The molecule has 2 aromatic carbocycles. The van der Waals surface area contributed by atoms with Crippen LogP contribution in [0.1, 0.15) is 30.5 Å². The van der Waals surface area contributed by atoms with Gasteiger partial charge in [0.15, 0.2) is 18.0 Å². The van der Waals surface area contributed by atoms with E-state index in [0.717, 1.165) is 36.6 Å². The number of nitrogens with one attached hydrogen (secondary N) is 2. The molecule has 2 N–H and O–H groups in total. The summed E-state index contributed by atoms with van der Waals surface area (Å²) in [6, 6.07) is 11.7. The zero-order chi connectivity index (χ0) is 19.9. The van der Waals surface area contributed by atoms with Gasteiger partial charge in [-0.05, 0) is 49.2 Å². The van der Waals surface area contributed by atoms with Crippen LogP contribution in [-0.2, 0) is 24.3 Å². The topological polar surface area (TPSA) is 52.0 Å². The minimum Gasteiger partial charge on any atom is -0.490 e. The molecule has 1 unspecified atom stereocenters. The van der Waals surface area contributed by atoms with Crippen molar-refractivity contribution in [2.24, 2.45) is 0 Å². The number of ether oxygens (including phenoxy) is 2. The lowest BCUT2D eigenvalue weighted by Gasteiger charge is -2.26. The highest BCUT2D eigenvalue weighted by Crippen LogP contribution is 2.32. The predicted octanol–water partition coefficient (Wildman–Crippen LogP) is 2.39. The van der Waals surface area contributed by atoms with E-state index in [2.05, 4.69) is 17.4 Å². The maximum absolute atomic E-state index is 12.4. The average molecular weight is 404 g/mol. The van der Waals surface area contributed by atoms with Crippen molar-refractivity contribution < 1.29 is 19.2 Å². The summed E-state index contributed by atoms with van der Waals surface area (Å²) >= 11 is 5.99. The molecule has 1 atom stereocenters. The molecule has 1 amide bonds. The third kappa shape index (κ3) is 5.40. The fourth-order valence-electron chi connectivity index (χ4n) is 3.54. The third-order valence-electron chi connectivity index (χ3n) is 4.84. The van der Waals surface area contributed by atoms with Crippen molar-refractivity contribution in [3.05, 3.63) is 58.1 Å². The Kier molecular flexibility index (Phi) is 7.18. The molecule has 1 aliphatic heterocycles. The Morgan fingerprint density at radius 3 is 2.50 bits per heavy atom. The van der Waals surface area contributed by atoms with E-state index in [-0.39, 0.29) is 5.91 Å². The van der Waals surface area contributed by atoms with Gasteiger partial charge in [0.1, 0.15) is 6.54 Å².